The van der Waals surface area contributed by atoms with E-state index < -0.39 is 0 Å². The zero-order valence-corrected chi connectivity index (χ0v) is 13.2. The number of hydrogen-bond acceptors (Lipinski definition) is 4. The first-order valence-corrected chi connectivity index (χ1v) is 8.02. The topological polar surface area (TPSA) is 62.3 Å². The van der Waals surface area contributed by atoms with E-state index in [2.05, 4.69) is 31.7 Å². The second-order valence-corrected chi connectivity index (χ2v) is 6.47. The van der Waals surface area contributed by atoms with Crippen LogP contribution in [0, 0.1) is 5.41 Å². The van der Waals surface area contributed by atoms with Gasteiger partial charge in [0.1, 0.15) is 5.84 Å². The molecule has 1 fully saturated rings. The van der Waals surface area contributed by atoms with Gasteiger partial charge in [0.15, 0.2) is 0 Å². The van der Waals surface area contributed by atoms with Crippen LogP contribution in [0.4, 0.5) is 5.69 Å². The van der Waals surface area contributed by atoms with Crippen LogP contribution in [0.1, 0.15) is 26.3 Å². The van der Waals surface area contributed by atoms with Crippen molar-refractivity contribution in [2.75, 3.05) is 23.7 Å². The van der Waals surface area contributed by atoms with Crippen LogP contribution in [-0.4, -0.2) is 36.9 Å². The summed E-state index contributed by atoms with van der Waals surface area (Å²) in [5.41, 5.74) is 7.75. The Bertz CT molecular complexity index is 482. The number of anilines is 1. The lowest BCUT2D eigenvalue weighted by molar-refractivity contribution is -0.00523. The van der Waals surface area contributed by atoms with Gasteiger partial charge in [-0.05, 0) is 31.7 Å². The van der Waals surface area contributed by atoms with Gasteiger partial charge in [0, 0.05) is 23.7 Å². The molecule has 5 heteroatoms. The second-order valence-electron chi connectivity index (χ2n) is 5.16. The Morgan fingerprint density at radius 2 is 2.05 bits per heavy atom. The van der Waals surface area contributed by atoms with Crippen LogP contribution in [0.2, 0.25) is 0 Å². The Hall–Kier alpha value is -1.20. The van der Waals surface area contributed by atoms with Crippen LogP contribution in [-0.2, 0) is 4.74 Å². The molecule has 0 aromatic heterocycles. The zero-order chi connectivity index (χ0) is 14.7. The highest BCUT2D eigenvalue weighted by molar-refractivity contribution is 7.99. The van der Waals surface area contributed by atoms with Crippen molar-refractivity contribution in [2.24, 2.45) is 5.73 Å². The van der Waals surface area contributed by atoms with E-state index in [-0.39, 0.29) is 18.0 Å². The first-order chi connectivity index (χ1) is 9.52. The third-order valence-electron chi connectivity index (χ3n) is 3.33. The van der Waals surface area contributed by atoms with Crippen molar-refractivity contribution in [3.05, 3.63) is 23.8 Å². The number of amidine groups is 1. The molecule has 1 aromatic carbocycles. The maximum absolute atomic E-state index is 7.92. The fourth-order valence-electron chi connectivity index (χ4n) is 2.70. The van der Waals surface area contributed by atoms with E-state index >= 15 is 0 Å². The lowest BCUT2D eigenvalue weighted by atomic mass is 10.1. The Kier molecular flexibility index (Phi) is 4.94. The molecule has 2 atom stereocenters. The van der Waals surface area contributed by atoms with Crippen molar-refractivity contribution in [2.45, 2.75) is 37.9 Å². The Morgan fingerprint density at radius 3 is 2.60 bits per heavy atom. The van der Waals surface area contributed by atoms with Gasteiger partial charge in [0.25, 0.3) is 0 Å². The van der Waals surface area contributed by atoms with Gasteiger partial charge in [0.2, 0.25) is 0 Å². The third-order valence-corrected chi connectivity index (χ3v) is 4.27. The number of hydrogen-bond donors (Lipinski definition) is 2. The van der Waals surface area contributed by atoms with E-state index in [9.17, 15) is 0 Å². The van der Waals surface area contributed by atoms with E-state index in [1.54, 1.807) is 11.8 Å². The summed E-state index contributed by atoms with van der Waals surface area (Å²) in [5, 5.41) is 7.92. The molecule has 0 aliphatic carbocycles. The van der Waals surface area contributed by atoms with Crippen molar-refractivity contribution in [3.63, 3.8) is 0 Å². The molecule has 1 heterocycles. The predicted molar refractivity (Wildman–Crippen MR) is 86.1 cm³/mol. The Labute approximate surface area is 125 Å². The summed E-state index contributed by atoms with van der Waals surface area (Å²) < 4.78 is 5.78. The van der Waals surface area contributed by atoms with E-state index in [4.69, 9.17) is 15.9 Å². The van der Waals surface area contributed by atoms with Crippen LogP contribution in [0.3, 0.4) is 0 Å². The molecule has 1 aromatic rings. The minimum Gasteiger partial charge on any atom is -0.384 e. The van der Waals surface area contributed by atoms with Gasteiger partial charge in [0.05, 0.1) is 17.8 Å². The van der Waals surface area contributed by atoms with E-state index in [1.165, 1.54) is 0 Å². The van der Waals surface area contributed by atoms with E-state index in [1.807, 2.05) is 12.1 Å². The molecule has 1 saturated heterocycles. The summed E-state index contributed by atoms with van der Waals surface area (Å²) in [5.74, 6) is 1.11. The lowest BCUT2D eigenvalue weighted by Gasteiger charge is -2.38. The first-order valence-electron chi connectivity index (χ1n) is 7.03. The van der Waals surface area contributed by atoms with Crippen LogP contribution >= 0.6 is 11.8 Å². The summed E-state index contributed by atoms with van der Waals surface area (Å²) in [6.45, 7) is 7.96. The molecule has 0 saturated carbocycles. The molecule has 0 bridgehead atoms. The SMILES string of the molecule is CCSc1cccc(N2CC(C)OC(C)C2)c1C(=N)N. The largest absolute Gasteiger partial charge is 0.384 e. The highest BCUT2D eigenvalue weighted by atomic mass is 32.2. The maximum Gasteiger partial charge on any atom is 0.126 e. The minimum absolute atomic E-state index is 0.142. The van der Waals surface area contributed by atoms with Gasteiger partial charge < -0.3 is 15.4 Å². The van der Waals surface area contributed by atoms with Gasteiger partial charge in [-0.2, -0.15) is 0 Å². The minimum atomic E-state index is 0.142. The summed E-state index contributed by atoms with van der Waals surface area (Å²) >= 11 is 1.73. The number of rotatable bonds is 4. The number of nitrogen functional groups attached to an aromatic ring is 1. The number of thioether (sulfide) groups is 1. The normalized spacial score (nSPS) is 22.9. The van der Waals surface area contributed by atoms with Crippen LogP contribution in [0.15, 0.2) is 23.1 Å². The standard InChI is InChI=1S/C15H23N3OS/c1-4-20-13-7-5-6-12(14(13)15(16)17)18-8-10(2)19-11(3)9-18/h5-7,10-11H,4,8-9H2,1-3H3,(H3,16,17). The van der Waals surface area contributed by atoms with E-state index in [0.717, 1.165) is 35.0 Å². The van der Waals surface area contributed by atoms with Crippen molar-refractivity contribution in [3.8, 4) is 0 Å². The highest BCUT2D eigenvalue weighted by Gasteiger charge is 2.25. The quantitative estimate of drug-likeness (QED) is 0.509. The van der Waals surface area contributed by atoms with Gasteiger partial charge >= 0.3 is 0 Å². The third kappa shape index (κ3) is 3.27. The number of nitrogens with two attached hydrogens (primary N) is 1. The maximum atomic E-state index is 7.92. The van der Waals surface area contributed by atoms with Gasteiger partial charge in [-0.3, -0.25) is 5.41 Å². The Morgan fingerprint density at radius 1 is 1.40 bits per heavy atom. The van der Waals surface area contributed by atoms with Crippen LogP contribution in [0.25, 0.3) is 0 Å². The fraction of sp³-hybridized carbons (Fsp3) is 0.533. The molecule has 1 aliphatic rings. The summed E-state index contributed by atoms with van der Waals surface area (Å²) in [7, 11) is 0. The summed E-state index contributed by atoms with van der Waals surface area (Å²) in [6.07, 6.45) is 0.391. The molecule has 3 N–H and O–H groups in total. The molecule has 110 valence electrons. The summed E-state index contributed by atoms with van der Waals surface area (Å²) in [6, 6.07) is 6.15. The molecule has 2 unspecified atom stereocenters. The molecule has 0 spiro atoms. The van der Waals surface area contributed by atoms with Crippen molar-refractivity contribution < 1.29 is 4.74 Å². The fourth-order valence-corrected chi connectivity index (χ4v) is 3.55. The molecular weight excluding hydrogens is 270 g/mol. The van der Waals surface area contributed by atoms with Crippen LogP contribution < -0.4 is 10.6 Å². The molecule has 20 heavy (non-hydrogen) atoms. The highest BCUT2D eigenvalue weighted by Crippen LogP contribution is 2.32. The monoisotopic (exact) mass is 293 g/mol. The number of benzene rings is 1. The summed E-state index contributed by atoms with van der Waals surface area (Å²) in [4.78, 5) is 3.37. The molecule has 0 amide bonds. The number of morpholine rings is 1. The average Bonchev–Trinajstić information content (AvgIpc) is 2.37. The molecule has 4 nitrogen and oxygen atoms in total. The smallest absolute Gasteiger partial charge is 0.126 e. The van der Waals surface area contributed by atoms with E-state index in [0.29, 0.717) is 0 Å². The predicted octanol–water partition coefficient (Wildman–Crippen LogP) is 2.70. The van der Waals surface area contributed by atoms with Gasteiger partial charge in [-0.1, -0.05) is 13.0 Å². The van der Waals surface area contributed by atoms with Crippen LogP contribution in [0.5, 0.6) is 0 Å². The molecule has 0 radical (unpaired) electrons. The Balaban J connectivity index is 2.39. The lowest BCUT2D eigenvalue weighted by Crippen LogP contribution is -2.46. The average molecular weight is 293 g/mol. The number of nitrogens with zero attached hydrogens (tertiary/aromatic N) is 1. The zero-order valence-electron chi connectivity index (χ0n) is 12.3. The van der Waals surface area contributed by atoms with Gasteiger partial charge in [-0.25, -0.2) is 0 Å². The van der Waals surface area contributed by atoms with Crippen molar-refractivity contribution in [1.29, 1.82) is 5.41 Å². The molecular formula is C15H23N3OS. The van der Waals surface area contributed by atoms with Gasteiger partial charge in [-0.15, -0.1) is 11.8 Å². The van der Waals surface area contributed by atoms with Crippen molar-refractivity contribution >= 4 is 23.3 Å². The first kappa shape index (κ1) is 15.2. The second kappa shape index (κ2) is 6.50. The number of nitrogens with one attached hydrogen (secondary N) is 1. The number of ether oxygens (including phenoxy) is 1. The molecule has 1 aliphatic heterocycles. The molecule has 2 rings (SSSR count). The van der Waals surface area contributed by atoms with Crippen molar-refractivity contribution in [1.82, 2.24) is 0 Å².